The predicted molar refractivity (Wildman–Crippen MR) is 43.7 cm³/mol. The second kappa shape index (κ2) is 4.98. The fraction of sp³-hybridized carbons (Fsp3) is 0.286. The minimum atomic E-state index is -2.91. The minimum Gasteiger partial charge on any atom is -0.417 e. The van der Waals surface area contributed by atoms with Crippen LogP contribution in [0.25, 0.3) is 10.4 Å². The van der Waals surface area contributed by atoms with Gasteiger partial charge in [-0.05, 0) is 11.6 Å². The molecule has 1 heterocycles. The molecule has 0 unspecified atom stereocenters. The first kappa shape index (κ1) is 10.2. The van der Waals surface area contributed by atoms with E-state index in [1.54, 1.807) is 6.07 Å². The second-order valence-electron chi connectivity index (χ2n) is 2.23. The number of rotatable bonds is 4. The molecule has 0 aliphatic rings. The van der Waals surface area contributed by atoms with Crippen molar-refractivity contribution in [3.05, 3.63) is 34.3 Å². The van der Waals surface area contributed by atoms with E-state index in [0.29, 0.717) is 5.69 Å². The summed E-state index contributed by atoms with van der Waals surface area (Å²) < 4.78 is 27.6. The van der Waals surface area contributed by atoms with E-state index in [0.717, 1.165) is 0 Å². The van der Waals surface area contributed by atoms with Crippen molar-refractivity contribution in [3.63, 3.8) is 0 Å². The molecule has 0 spiro atoms. The zero-order valence-corrected chi connectivity index (χ0v) is 6.97. The summed E-state index contributed by atoms with van der Waals surface area (Å²) >= 11 is 0. The van der Waals surface area contributed by atoms with Crippen LogP contribution in [0.1, 0.15) is 5.69 Å². The highest BCUT2D eigenvalue weighted by Gasteiger charge is 2.05. The number of hydrogen-bond donors (Lipinski definition) is 0. The Labute approximate surface area is 78.0 Å². The molecule has 0 saturated heterocycles. The monoisotopic (exact) mass is 200 g/mol. The topological polar surface area (TPSA) is 70.9 Å². The molecule has 0 atom stereocenters. The van der Waals surface area contributed by atoms with Gasteiger partial charge < -0.3 is 4.74 Å². The average Bonchev–Trinajstić information content (AvgIpc) is 2.14. The van der Waals surface area contributed by atoms with Crippen LogP contribution in [0.4, 0.5) is 8.78 Å². The van der Waals surface area contributed by atoms with Gasteiger partial charge in [0.25, 0.3) is 0 Å². The van der Waals surface area contributed by atoms with Crippen molar-refractivity contribution in [1.82, 2.24) is 4.98 Å². The molecule has 1 rings (SSSR count). The zero-order valence-electron chi connectivity index (χ0n) is 6.97. The van der Waals surface area contributed by atoms with Gasteiger partial charge in [-0.3, -0.25) is 0 Å². The maximum Gasteiger partial charge on any atom is 0.388 e. The lowest BCUT2D eigenvalue weighted by Gasteiger charge is -2.03. The van der Waals surface area contributed by atoms with E-state index >= 15 is 0 Å². The van der Waals surface area contributed by atoms with Crippen LogP contribution in [0.15, 0.2) is 23.3 Å². The Morgan fingerprint density at radius 2 is 2.36 bits per heavy atom. The van der Waals surface area contributed by atoms with Crippen LogP contribution in [0, 0.1) is 0 Å². The molecule has 1 aromatic heterocycles. The van der Waals surface area contributed by atoms with Crippen LogP contribution in [-0.4, -0.2) is 11.6 Å². The summed E-state index contributed by atoms with van der Waals surface area (Å²) in [6, 6.07) is 4.34. The zero-order chi connectivity index (χ0) is 10.4. The van der Waals surface area contributed by atoms with Crippen LogP contribution in [-0.2, 0) is 6.54 Å². The molecule has 0 radical (unpaired) electrons. The number of ether oxygens (including phenoxy) is 1. The summed E-state index contributed by atoms with van der Waals surface area (Å²) in [5, 5.41) is 3.24. The number of halogens is 2. The van der Waals surface area contributed by atoms with Crippen molar-refractivity contribution >= 4 is 0 Å². The highest BCUT2D eigenvalue weighted by Crippen LogP contribution is 2.11. The van der Waals surface area contributed by atoms with Crippen LogP contribution < -0.4 is 4.74 Å². The molecule has 5 nitrogen and oxygen atoms in total. The Kier molecular flexibility index (Phi) is 3.63. The molecule has 14 heavy (non-hydrogen) atoms. The molecule has 0 aromatic carbocycles. The Bertz CT molecular complexity index is 351. The Morgan fingerprint density at radius 1 is 1.57 bits per heavy atom. The van der Waals surface area contributed by atoms with Gasteiger partial charge in [-0.25, -0.2) is 4.98 Å². The largest absolute Gasteiger partial charge is 0.417 e. The van der Waals surface area contributed by atoms with Gasteiger partial charge in [-0.1, -0.05) is 11.2 Å². The SMILES string of the molecule is [N-]=[N+]=NCc1cccc(OC(F)F)n1. The molecule has 0 bridgehead atoms. The van der Waals surface area contributed by atoms with Crippen molar-refractivity contribution in [2.24, 2.45) is 5.11 Å². The molecule has 74 valence electrons. The standard InChI is InChI=1S/C7H6F2N4O/c8-7(9)14-6-3-1-2-5(12-6)4-11-13-10/h1-3,7H,4H2. The molecular weight excluding hydrogens is 194 g/mol. The van der Waals surface area contributed by atoms with Gasteiger partial charge in [0.2, 0.25) is 5.88 Å². The van der Waals surface area contributed by atoms with E-state index in [1.807, 2.05) is 0 Å². The summed E-state index contributed by atoms with van der Waals surface area (Å²) in [5.41, 5.74) is 8.40. The van der Waals surface area contributed by atoms with E-state index in [1.165, 1.54) is 12.1 Å². The van der Waals surface area contributed by atoms with Gasteiger partial charge in [0.05, 0.1) is 12.2 Å². The maximum absolute atomic E-state index is 11.8. The van der Waals surface area contributed by atoms with Gasteiger partial charge in [0.1, 0.15) is 0 Å². The summed E-state index contributed by atoms with van der Waals surface area (Å²) in [6.45, 7) is -2.89. The van der Waals surface area contributed by atoms with E-state index in [4.69, 9.17) is 5.53 Å². The minimum absolute atomic E-state index is 0.0109. The third kappa shape index (κ3) is 3.24. The lowest BCUT2D eigenvalue weighted by atomic mass is 10.3. The summed E-state index contributed by atoms with van der Waals surface area (Å²) in [7, 11) is 0. The van der Waals surface area contributed by atoms with Crippen LogP contribution >= 0.6 is 0 Å². The first-order chi connectivity index (χ1) is 6.72. The van der Waals surface area contributed by atoms with Gasteiger partial charge in [0, 0.05) is 11.0 Å². The lowest BCUT2D eigenvalue weighted by Crippen LogP contribution is -2.04. The molecule has 0 N–H and O–H groups in total. The lowest BCUT2D eigenvalue weighted by molar-refractivity contribution is -0.0529. The van der Waals surface area contributed by atoms with Crippen molar-refractivity contribution in [2.45, 2.75) is 13.2 Å². The highest BCUT2D eigenvalue weighted by molar-refractivity contribution is 5.15. The first-order valence-corrected chi connectivity index (χ1v) is 3.64. The Balaban J connectivity index is 2.73. The third-order valence-corrected chi connectivity index (χ3v) is 1.29. The number of nitrogens with zero attached hydrogens (tertiary/aromatic N) is 4. The van der Waals surface area contributed by atoms with Crippen LogP contribution in [0.5, 0.6) is 5.88 Å². The second-order valence-corrected chi connectivity index (χ2v) is 2.23. The highest BCUT2D eigenvalue weighted by atomic mass is 19.3. The fourth-order valence-corrected chi connectivity index (χ4v) is 0.807. The van der Waals surface area contributed by atoms with Gasteiger partial charge in [-0.2, -0.15) is 8.78 Å². The molecule has 7 heteroatoms. The molecule has 0 aliphatic heterocycles. The first-order valence-electron chi connectivity index (χ1n) is 3.64. The number of pyridine rings is 1. The fourth-order valence-electron chi connectivity index (χ4n) is 0.807. The van der Waals surface area contributed by atoms with Gasteiger partial charge in [0.15, 0.2) is 0 Å². The summed E-state index contributed by atoms with van der Waals surface area (Å²) in [5.74, 6) is -0.189. The van der Waals surface area contributed by atoms with Crippen molar-refractivity contribution in [3.8, 4) is 5.88 Å². The van der Waals surface area contributed by atoms with Gasteiger partial charge >= 0.3 is 6.61 Å². The average molecular weight is 200 g/mol. The predicted octanol–water partition coefficient (Wildman–Crippen LogP) is 2.49. The van der Waals surface area contributed by atoms with E-state index < -0.39 is 6.61 Å². The normalized spacial score (nSPS) is 9.64. The quantitative estimate of drug-likeness (QED) is 0.425. The molecule has 0 saturated carbocycles. The number of hydrogen-bond acceptors (Lipinski definition) is 3. The summed E-state index contributed by atoms with van der Waals surface area (Å²) in [6.07, 6.45) is 0. The van der Waals surface area contributed by atoms with E-state index in [9.17, 15) is 8.78 Å². The smallest absolute Gasteiger partial charge is 0.388 e. The van der Waals surface area contributed by atoms with E-state index in [2.05, 4.69) is 19.7 Å². The molecular formula is C7H6F2N4O. The van der Waals surface area contributed by atoms with E-state index in [-0.39, 0.29) is 12.4 Å². The van der Waals surface area contributed by atoms with Crippen LogP contribution in [0.3, 0.4) is 0 Å². The molecule has 0 fully saturated rings. The van der Waals surface area contributed by atoms with Gasteiger partial charge in [-0.15, -0.1) is 0 Å². The Morgan fingerprint density at radius 3 is 3.00 bits per heavy atom. The molecule has 1 aromatic rings. The molecule has 0 amide bonds. The van der Waals surface area contributed by atoms with Crippen molar-refractivity contribution < 1.29 is 13.5 Å². The molecule has 0 aliphatic carbocycles. The van der Waals surface area contributed by atoms with Crippen molar-refractivity contribution in [1.29, 1.82) is 0 Å². The number of azide groups is 1. The number of alkyl halides is 2. The number of aromatic nitrogens is 1. The summed E-state index contributed by atoms with van der Waals surface area (Å²) in [4.78, 5) is 6.20. The maximum atomic E-state index is 11.8. The van der Waals surface area contributed by atoms with Crippen molar-refractivity contribution in [2.75, 3.05) is 0 Å². The Hall–Kier alpha value is -1.88. The third-order valence-electron chi connectivity index (χ3n) is 1.29. The van der Waals surface area contributed by atoms with Crippen LogP contribution in [0.2, 0.25) is 0 Å².